The molecule has 1 aromatic heterocycles. The van der Waals surface area contributed by atoms with Gasteiger partial charge < -0.3 is 14.6 Å². The van der Waals surface area contributed by atoms with Crippen molar-refractivity contribution in [3.63, 3.8) is 0 Å². The van der Waals surface area contributed by atoms with E-state index in [0.717, 1.165) is 0 Å². The Morgan fingerprint density at radius 2 is 2.43 bits per heavy atom. The van der Waals surface area contributed by atoms with E-state index in [4.69, 9.17) is 14.6 Å². The highest BCUT2D eigenvalue weighted by atomic mass is 16.7. The lowest BCUT2D eigenvalue weighted by atomic mass is 10.3. The van der Waals surface area contributed by atoms with Crippen molar-refractivity contribution in [2.24, 2.45) is 0 Å². The quantitative estimate of drug-likeness (QED) is 0.566. The Morgan fingerprint density at radius 3 is 3.07 bits per heavy atom. The predicted molar refractivity (Wildman–Crippen MR) is 48.3 cm³/mol. The summed E-state index contributed by atoms with van der Waals surface area (Å²) < 4.78 is 10.0. The lowest BCUT2D eigenvalue weighted by molar-refractivity contribution is 0.0210. The first-order valence-electron chi connectivity index (χ1n) is 4.14. The van der Waals surface area contributed by atoms with Crippen molar-refractivity contribution >= 4 is 5.97 Å². The van der Waals surface area contributed by atoms with Gasteiger partial charge in [0.2, 0.25) is 0 Å². The maximum absolute atomic E-state index is 10.7. The van der Waals surface area contributed by atoms with Gasteiger partial charge in [-0.25, -0.2) is 9.78 Å². The van der Waals surface area contributed by atoms with Crippen LogP contribution in [0.4, 0.5) is 0 Å². The molecule has 0 fully saturated rings. The van der Waals surface area contributed by atoms with Crippen molar-refractivity contribution < 1.29 is 19.4 Å². The maximum atomic E-state index is 10.7. The number of ether oxygens (including phenoxy) is 2. The molecule has 0 atom stereocenters. The molecule has 1 aromatic rings. The minimum absolute atomic E-state index is 0.0302. The molecule has 14 heavy (non-hydrogen) atoms. The fourth-order valence-corrected chi connectivity index (χ4v) is 0.856. The van der Waals surface area contributed by atoms with Gasteiger partial charge in [-0.2, -0.15) is 0 Å². The Hall–Kier alpha value is -1.62. The molecule has 0 radical (unpaired) electrons. The van der Waals surface area contributed by atoms with Crippen LogP contribution in [0.2, 0.25) is 0 Å². The summed E-state index contributed by atoms with van der Waals surface area (Å²) in [5.41, 5.74) is -0.104. The summed E-state index contributed by atoms with van der Waals surface area (Å²) in [6.07, 6.45) is 1.40. The number of aromatic carboxylic acids is 1. The average Bonchev–Trinajstić information content (AvgIpc) is 2.19. The van der Waals surface area contributed by atoms with Crippen LogP contribution in [-0.2, 0) is 4.74 Å². The van der Waals surface area contributed by atoms with Crippen LogP contribution in [-0.4, -0.2) is 29.5 Å². The van der Waals surface area contributed by atoms with E-state index in [1.807, 2.05) is 6.92 Å². The highest BCUT2D eigenvalue weighted by Crippen LogP contribution is 2.14. The highest BCUT2D eigenvalue weighted by molar-refractivity contribution is 5.88. The van der Waals surface area contributed by atoms with E-state index in [9.17, 15) is 4.79 Å². The molecule has 1 heterocycles. The third-order valence-corrected chi connectivity index (χ3v) is 1.48. The van der Waals surface area contributed by atoms with Crippen LogP contribution in [0.1, 0.15) is 17.4 Å². The zero-order chi connectivity index (χ0) is 10.4. The third-order valence-electron chi connectivity index (χ3n) is 1.48. The lowest BCUT2D eigenvalue weighted by Gasteiger charge is -2.06. The van der Waals surface area contributed by atoms with Crippen LogP contribution in [0.5, 0.6) is 5.75 Å². The first kappa shape index (κ1) is 10.5. The number of aromatic nitrogens is 1. The average molecular weight is 197 g/mol. The summed E-state index contributed by atoms with van der Waals surface area (Å²) in [5, 5.41) is 8.74. The number of pyridine rings is 1. The van der Waals surface area contributed by atoms with Crippen LogP contribution >= 0.6 is 0 Å². The zero-order valence-corrected chi connectivity index (χ0v) is 7.77. The zero-order valence-electron chi connectivity index (χ0n) is 7.77. The van der Waals surface area contributed by atoms with E-state index in [1.165, 1.54) is 12.3 Å². The van der Waals surface area contributed by atoms with Gasteiger partial charge in [0.1, 0.15) is 0 Å². The molecule has 0 unspecified atom stereocenters. The molecule has 0 aliphatic heterocycles. The van der Waals surface area contributed by atoms with Gasteiger partial charge >= 0.3 is 5.97 Å². The lowest BCUT2D eigenvalue weighted by Crippen LogP contribution is -2.08. The summed E-state index contributed by atoms with van der Waals surface area (Å²) >= 11 is 0. The Labute approximate surface area is 81.3 Å². The van der Waals surface area contributed by atoms with Crippen molar-refractivity contribution in [3.05, 3.63) is 24.0 Å². The molecule has 0 amide bonds. The molecule has 5 nitrogen and oxygen atoms in total. The monoisotopic (exact) mass is 197 g/mol. The first-order chi connectivity index (χ1) is 6.75. The normalized spacial score (nSPS) is 9.79. The van der Waals surface area contributed by atoms with Gasteiger partial charge in [-0.3, -0.25) is 0 Å². The van der Waals surface area contributed by atoms with E-state index >= 15 is 0 Å². The summed E-state index contributed by atoms with van der Waals surface area (Å²) in [6, 6.07) is 3.14. The topological polar surface area (TPSA) is 68.7 Å². The van der Waals surface area contributed by atoms with Crippen LogP contribution < -0.4 is 4.74 Å². The van der Waals surface area contributed by atoms with Gasteiger partial charge in [-0.1, -0.05) is 0 Å². The number of carboxylic acids is 1. The van der Waals surface area contributed by atoms with E-state index in [-0.39, 0.29) is 18.2 Å². The second-order valence-corrected chi connectivity index (χ2v) is 2.41. The van der Waals surface area contributed by atoms with Gasteiger partial charge in [0, 0.05) is 12.8 Å². The molecule has 76 valence electrons. The summed E-state index contributed by atoms with van der Waals surface area (Å²) in [7, 11) is 0. The molecule has 5 heteroatoms. The number of carboxylic acid groups (broad SMARTS) is 1. The van der Waals surface area contributed by atoms with Crippen molar-refractivity contribution in [3.8, 4) is 5.75 Å². The van der Waals surface area contributed by atoms with Gasteiger partial charge in [0.15, 0.2) is 18.2 Å². The molecule has 0 saturated carbocycles. The molecule has 1 rings (SSSR count). The van der Waals surface area contributed by atoms with E-state index in [0.29, 0.717) is 6.61 Å². The second kappa shape index (κ2) is 5.18. The molecular formula is C9H11NO4. The standard InChI is InChI=1S/C9H11NO4/c1-2-13-6-14-7-4-3-5-10-8(7)9(11)12/h3-5H,2,6H2,1H3,(H,11,12). The summed E-state index contributed by atoms with van der Waals surface area (Å²) in [5.74, 6) is -0.898. The minimum atomic E-state index is -1.11. The molecule has 0 bridgehead atoms. The minimum Gasteiger partial charge on any atom is -0.476 e. The van der Waals surface area contributed by atoms with Crippen LogP contribution in [0.3, 0.4) is 0 Å². The number of rotatable bonds is 5. The summed E-state index contributed by atoms with van der Waals surface area (Å²) in [4.78, 5) is 14.3. The number of carbonyl (C=O) groups is 1. The van der Waals surface area contributed by atoms with Crippen LogP contribution in [0, 0.1) is 0 Å². The van der Waals surface area contributed by atoms with Gasteiger partial charge in [-0.05, 0) is 19.1 Å². The summed E-state index contributed by atoms with van der Waals surface area (Å²) in [6.45, 7) is 2.37. The van der Waals surface area contributed by atoms with Gasteiger partial charge in [0.05, 0.1) is 0 Å². The fraction of sp³-hybridized carbons (Fsp3) is 0.333. The van der Waals surface area contributed by atoms with E-state index in [2.05, 4.69) is 4.98 Å². The molecule has 0 aliphatic carbocycles. The molecule has 0 spiro atoms. The maximum Gasteiger partial charge on any atom is 0.358 e. The van der Waals surface area contributed by atoms with Crippen molar-refractivity contribution in [2.75, 3.05) is 13.4 Å². The van der Waals surface area contributed by atoms with Crippen molar-refractivity contribution in [1.82, 2.24) is 4.98 Å². The Bertz CT molecular complexity index is 313. The largest absolute Gasteiger partial charge is 0.476 e. The Morgan fingerprint density at radius 1 is 1.64 bits per heavy atom. The van der Waals surface area contributed by atoms with Crippen molar-refractivity contribution in [1.29, 1.82) is 0 Å². The molecular weight excluding hydrogens is 186 g/mol. The number of hydrogen-bond acceptors (Lipinski definition) is 4. The number of nitrogens with zero attached hydrogens (tertiary/aromatic N) is 1. The molecule has 0 aromatic carbocycles. The fourth-order valence-electron chi connectivity index (χ4n) is 0.856. The molecule has 1 N–H and O–H groups in total. The first-order valence-corrected chi connectivity index (χ1v) is 4.14. The third kappa shape index (κ3) is 2.70. The van der Waals surface area contributed by atoms with Gasteiger partial charge in [-0.15, -0.1) is 0 Å². The second-order valence-electron chi connectivity index (χ2n) is 2.41. The van der Waals surface area contributed by atoms with Crippen LogP contribution in [0.15, 0.2) is 18.3 Å². The smallest absolute Gasteiger partial charge is 0.358 e. The molecule has 0 aliphatic rings. The highest BCUT2D eigenvalue weighted by Gasteiger charge is 2.11. The van der Waals surface area contributed by atoms with Crippen molar-refractivity contribution in [2.45, 2.75) is 6.92 Å². The Kier molecular flexibility index (Phi) is 3.87. The predicted octanol–water partition coefficient (Wildman–Crippen LogP) is 1.15. The SMILES string of the molecule is CCOCOc1cccnc1C(=O)O. The molecule has 0 saturated heterocycles. The number of hydrogen-bond donors (Lipinski definition) is 1. The van der Waals surface area contributed by atoms with E-state index in [1.54, 1.807) is 6.07 Å². The van der Waals surface area contributed by atoms with E-state index < -0.39 is 5.97 Å². The Balaban J connectivity index is 2.69. The van der Waals surface area contributed by atoms with Crippen LogP contribution in [0.25, 0.3) is 0 Å². The van der Waals surface area contributed by atoms with Gasteiger partial charge in [0.25, 0.3) is 0 Å².